The summed E-state index contributed by atoms with van der Waals surface area (Å²) < 4.78 is 5.22. The molecule has 0 aliphatic heterocycles. The van der Waals surface area contributed by atoms with Crippen molar-refractivity contribution in [2.45, 2.75) is 39.7 Å². The van der Waals surface area contributed by atoms with Crippen molar-refractivity contribution in [2.24, 2.45) is 0 Å². The van der Waals surface area contributed by atoms with Crippen LogP contribution >= 0.6 is 11.3 Å². The number of hydrogen-bond acceptors (Lipinski definition) is 4. The number of nitrogens with one attached hydrogen (secondary N) is 1. The predicted octanol–water partition coefficient (Wildman–Crippen LogP) is 3.81. The van der Waals surface area contributed by atoms with Crippen LogP contribution in [0.1, 0.15) is 48.4 Å². The van der Waals surface area contributed by atoms with Crippen molar-refractivity contribution in [3.63, 3.8) is 0 Å². The van der Waals surface area contributed by atoms with Crippen LogP contribution in [-0.2, 0) is 0 Å². The van der Waals surface area contributed by atoms with E-state index < -0.39 is 0 Å². The first-order valence-corrected chi connectivity index (χ1v) is 7.22. The van der Waals surface area contributed by atoms with E-state index in [1.165, 1.54) is 11.1 Å². The van der Waals surface area contributed by atoms with Gasteiger partial charge >= 0.3 is 0 Å². The van der Waals surface area contributed by atoms with E-state index in [0.29, 0.717) is 12.0 Å². The fraction of sp³-hybridized carbons (Fsp3) is 0.500. The molecule has 0 spiro atoms. The van der Waals surface area contributed by atoms with Crippen LogP contribution in [0.2, 0.25) is 0 Å². The van der Waals surface area contributed by atoms with E-state index in [4.69, 9.17) is 4.52 Å². The van der Waals surface area contributed by atoms with Crippen LogP contribution in [0.5, 0.6) is 0 Å². The Hall–Kier alpha value is -1.13. The van der Waals surface area contributed by atoms with Gasteiger partial charge in [0.1, 0.15) is 5.76 Å². The molecule has 98 valence electrons. The molecule has 4 heteroatoms. The molecule has 2 rings (SSSR count). The Morgan fingerprint density at radius 3 is 2.72 bits per heavy atom. The summed E-state index contributed by atoms with van der Waals surface area (Å²) in [6, 6.07) is 2.56. The zero-order valence-corrected chi connectivity index (χ0v) is 12.2. The van der Waals surface area contributed by atoms with Gasteiger partial charge in [-0.2, -0.15) is 11.3 Å². The summed E-state index contributed by atoms with van der Waals surface area (Å²) in [4.78, 5) is 0. The Balaban J connectivity index is 1.95. The van der Waals surface area contributed by atoms with Crippen molar-refractivity contribution < 1.29 is 4.52 Å². The molecule has 2 aromatic rings. The molecule has 0 fully saturated rings. The highest BCUT2D eigenvalue weighted by molar-refractivity contribution is 7.07. The molecule has 0 radical (unpaired) electrons. The minimum absolute atomic E-state index is 0.388. The van der Waals surface area contributed by atoms with Gasteiger partial charge in [-0.1, -0.05) is 12.1 Å². The van der Waals surface area contributed by atoms with Crippen molar-refractivity contribution in [2.75, 3.05) is 6.54 Å². The lowest BCUT2D eigenvalue weighted by Crippen LogP contribution is -2.23. The zero-order chi connectivity index (χ0) is 13.1. The summed E-state index contributed by atoms with van der Waals surface area (Å²) in [7, 11) is 0. The third kappa shape index (κ3) is 2.82. The van der Waals surface area contributed by atoms with E-state index in [1.807, 2.05) is 13.8 Å². The second-order valence-electron chi connectivity index (χ2n) is 4.83. The van der Waals surface area contributed by atoms with Gasteiger partial charge in [-0.25, -0.2) is 0 Å². The highest BCUT2D eigenvalue weighted by atomic mass is 32.1. The van der Waals surface area contributed by atoms with E-state index in [1.54, 1.807) is 11.3 Å². The van der Waals surface area contributed by atoms with E-state index in [-0.39, 0.29) is 0 Å². The fourth-order valence-electron chi connectivity index (χ4n) is 2.29. The summed E-state index contributed by atoms with van der Waals surface area (Å²) >= 11 is 1.74. The Bertz CT molecular complexity index is 470. The van der Waals surface area contributed by atoms with Gasteiger partial charge in [0.2, 0.25) is 0 Å². The molecule has 1 N–H and O–H groups in total. The van der Waals surface area contributed by atoms with Crippen LogP contribution in [0.15, 0.2) is 21.3 Å². The second kappa shape index (κ2) is 5.67. The SMILES string of the molecule is Cc1noc(C)c1[C@H](C)CN[C@@H](C)c1ccsc1. The zero-order valence-electron chi connectivity index (χ0n) is 11.4. The van der Waals surface area contributed by atoms with Crippen molar-refractivity contribution in [1.29, 1.82) is 0 Å². The summed E-state index contributed by atoms with van der Waals surface area (Å²) in [6.45, 7) is 9.32. The molecule has 0 aromatic carbocycles. The molecule has 0 saturated heterocycles. The molecule has 0 saturated carbocycles. The minimum atomic E-state index is 0.388. The van der Waals surface area contributed by atoms with Crippen LogP contribution in [-0.4, -0.2) is 11.7 Å². The first-order valence-electron chi connectivity index (χ1n) is 6.27. The number of aryl methyl sites for hydroxylation is 2. The fourth-order valence-corrected chi connectivity index (χ4v) is 3.04. The van der Waals surface area contributed by atoms with Gasteiger partial charge in [-0.15, -0.1) is 0 Å². The van der Waals surface area contributed by atoms with Crippen molar-refractivity contribution in [3.05, 3.63) is 39.4 Å². The number of aromatic nitrogens is 1. The molecule has 0 aliphatic carbocycles. The van der Waals surface area contributed by atoms with Gasteiger partial charge in [0.15, 0.2) is 0 Å². The average Bonchev–Trinajstić information content (AvgIpc) is 2.96. The smallest absolute Gasteiger partial charge is 0.137 e. The highest BCUT2D eigenvalue weighted by Gasteiger charge is 2.17. The third-order valence-electron chi connectivity index (χ3n) is 3.35. The molecule has 2 aromatic heterocycles. The topological polar surface area (TPSA) is 38.1 Å². The van der Waals surface area contributed by atoms with Gasteiger partial charge in [0.25, 0.3) is 0 Å². The minimum Gasteiger partial charge on any atom is -0.361 e. The molecule has 18 heavy (non-hydrogen) atoms. The lowest BCUT2D eigenvalue weighted by Gasteiger charge is -2.17. The van der Waals surface area contributed by atoms with Crippen LogP contribution < -0.4 is 5.32 Å². The molecule has 2 heterocycles. The summed E-state index contributed by atoms with van der Waals surface area (Å²) in [5, 5.41) is 11.9. The molecular formula is C14H20N2OS. The molecule has 0 unspecified atom stereocenters. The van der Waals surface area contributed by atoms with Gasteiger partial charge in [0.05, 0.1) is 5.69 Å². The van der Waals surface area contributed by atoms with Crippen LogP contribution in [0.3, 0.4) is 0 Å². The summed E-state index contributed by atoms with van der Waals surface area (Å²) in [5.41, 5.74) is 3.59. The Labute approximate surface area is 112 Å². The predicted molar refractivity (Wildman–Crippen MR) is 75.1 cm³/mol. The van der Waals surface area contributed by atoms with E-state index >= 15 is 0 Å². The lowest BCUT2D eigenvalue weighted by atomic mass is 9.99. The van der Waals surface area contributed by atoms with Gasteiger partial charge in [0, 0.05) is 18.2 Å². The largest absolute Gasteiger partial charge is 0.361 e. The lowest BCUT2D eigenvalue weighted by molar-refractivity contribution is 0.391. The molecule has 3 nitrogen and oxygen atoms in total. The summed E-state index contributed by atoms with van der Waals surface area (Å²) in [6.07, 6.45) is 0. The van der Waals surface area contributed by atoms with E-state index in [2.05, 4.69) is 41.1 Å². The maximum Gasteiger partial charge on any atom is 0.137 e. The highest BCUT2D eigenvalue weighted by Crippen LogP contribution is 2.23. The molecule has 0 aliphatic rings. The molecule has 0 amide bonds. The third-order valence-corrected chi connectivity index (χ3v) is 4.06. The number of hydrogen-bond donors (Lipinski definition) is 1. The van der Waals surface area contributed by atoms with Crippen LogP contribution in [0.25, 0.3) is 0 Å². The molecule has 0 bridgehead atoms. The Kier molecular flexibility index (Phi) is 4.19. The summed E-state index contributed by atoms with van der Waals surface area (Å²) in [5.74, 6) is 1.35. The van der Waals surface area contributed by atoms with Crippen molar-refractivity contribution >= 4 is 11.3 Å². The monoisotopic (exact) mass is 264 g/mol. The first-order chi connectivity index (χ1) is 8.59. The normalized spacial score (nSPS) is 14.7. The second-order valence-corrected chi connectivity index (χ2v) is 5.61. The van der Waals surface area contributed by atoms with Crippen molar-refractivity contribution in [1.82, 2.24) is 10.5 Å². The van der Waals surface area contributed by atoms with Gasteiger partial charge in [-0.05, 0) is 49.1 Å². The molecular weight excluding hydrogens is 244 g/mol. The van der Waals surface area contributed by atoms with Gasteiger partial charge < -0.3 is 9.84 Å². The maximum atomic E-state index is 5.22. The first kappa shape index (κ1) is 13.3. The standard InChI is InChI=1S/C14H20N2OS/c1-9(14-11(3)16-17-12(14)4)7-15-10(2)13-5-6-18-8-13/h5-6,8-10,15H,7H2,1-4H3/t9-,10+/m1/s1. The Morgan fingerprint density at radius 1 is 1.39 bits per heavy atom. The quantitative estimate of drug-likeness (QED) is 0.892. The van der Waals surface area contributed by atoms with E-state index in [9.17, 15) is 0 Å². The average molecular weight is 264 g/mol. The maximum absolute atomic E-state index is 5.22. The van der Waals surface area contributed by atoms with E-state index in [0.717, 1.165) is 18.0 Å². The van der Waals surface area contributed by atoms with Gasteiger partial charge in [-0.3, -0.25) is 0 Å². The Morgan fingerprint density at radius 2 is 2.17 bits per heavy atom. The number of nitrogens with zero attached hydrogens (tertiary/aromatic N) is 1. The number of rotatable bonds is 5. The molecule has 2 atom stereocenters. The van der Waals surface area contributed by atoms with Crippen LogP contribution in [0, 0.1) is 13.8 Å². The van der Waals surface area contributed by atoms with Crippen LogP contribution in [0.4, 0.5) is 0 Å². The van der Waals surface area contributed by atoms with Crippen molar-refractivity contribution in [3.8, 4) is 0 Å². The number of thiophene rings is 1.